The van der Waals surface area contributed by atoms with Crippen molar-refractivity contribution in [1.29, 1.82) is 0 Å². The van der Waals surface area contributed by atoms with Crippen LogP contribution in [0.4, 0.5) is 5.69 Å². The first-order valence-corrected chi connectivity index (χ1v) is 7.87. The van der Waals surface area contributed by atoms with Crippen molar-refractivity contribution in [3.63, 3.8) is 0 Å². The lowest BCUT2D eigenvalue weighted by molar-refractivity contribution is -0.384. The van der Waals surface area contributed by atoms with Crippen molar-refractivity contribution in [2.24, 2.45) is 0 Å². The number of ether oxygens (including phenoxy) is 2. The van der Waals surface area contributed by atoms with Crippen molar-refractivity contribution in [3.8, 4) is 0 Å². The van der Waals surface area contributed by atoms with Gasteiger partial charge in [-0.05, 0) is 25.3 Å². The van der Waals surface area contributed by atoms with Gasteiger partial charge in [-0.2, -0.15) is 0 Å². The zero-order valence-electron chi connectivity index (χ0n) is 12.6. The number of nitro benzene ring substituents is 1. The van der Waals surface area contributed by atoms with E-state index in [1.165, 1.54) is 18.2 Å². The fourth-order valence-electron chi connectivity index (χ4n) is 2.26. The van der Waals surface area contributed by atoms with Gasteiger partial charge in [0.05, 0.1) is 28.2 Å². The molecule has 0 aromatic heterocycles. The molecule has 8 heteroatoms. The quantitative estimate of drug-likeness (QED) is 0.445. The second-order valence-corrected chi connectivity index (χ2v) is 5.65. The molecule has 0 spiro atoms. The van der Waals surface area contributed by atoms with Gasteiger partial charge in [-0.25, -0.2) is 0 Å². The zero-order valence-corrected chi connectivity index (χ0v) is 13.4. The average molecular weight is 343 g/mol. The molecule has 23 heavy (non-hydrogen) atoms. The molecule has 0 bridgehead atoms. The van der Waals surface area contributed by atoms with Crippen LogP contribution in [-0.4, -0.2) is 43.3 Å². The van der Waals surface area contributed by atoms with Crippen molar-refractivity contribution in [1.82, 2.24) is 5.32 Å². The molecule has 1 atom stereocenters. The molecular formula is C15H19ClN2O5. The van der Waals surface area contributed by atoms with Crippen molar-refractivity contribution < 1.29 is 19.2 Å². The number of benzene rings is 1. The summed E-state index contributed by atoms with van der Waals surface area (Å²) in [4.78, 5) is 22.2. The predicted octanol–water partition coefficient (Wildman–Crippen LogP) is 2.56. The molecule has 2 rings (SSSR count). The summed E-state index contributed by atoms with van der Waals surface area (Å²) in [6, 6.07) is 3.78. The maximum absolute atomic E-state index is 12.0. The molecule has 1 aliphatic heterocycles. The van der Waals surface area contributed by atoms with Crippen LogP contribution in [0.1, 0.15) is 29.6 Å². The predicted molar refractivity (Wildman–Crippen MR) is 84.8 cm³/mol. The highest BCUT2D eigenvalue weighted by Gasteiger charge is 2.16. The van der Waals surface area contributed by atoms with E-state index in [1.807, 2.05) is 0 Å². The summed E-state index contributed by atoms with van der Waals surface area (Å²) in [6.07, 6.45) is 2.94. The Morgan fingerprint density at radius 2 is 2.35 bits per heavy atom. The smallest absolute Gasteiger partial charge is 0.270 e. The van der Waals surface area contributed by atoms with E-state index >= 15 is 0 Å². The number of nitro groups is 1. The van der Waals surface area contributed by atoms with Crippen LogP contribution < -0.4 is 5.32 Å². The van der Waals surface area contributed by atoms with E-state index in [2.05, 4.69) is 5.32 Å². The normalized spacial score (nSPS) is 17.2. The summed E-state index contributed by atoms with van der Waals surface area (Å²) in [7, 11) is 0. The summed E-state index contributed by atoms with van der Waals surface area (Å²) in [5.41, 5.74) is -0.0689. The number of nitrogens with one attached hydrogen (secondary N) is 1. The van der Waals surface area contributed by atoms with Crippen molar-refractivity contribution in [3.05, 3.63) is 38.9 Å². The third-order valence-electron chi connectivity index (χ3n) is 3.48. The summed E-state index contributed by atoms with van der Waals surface area (Å²) in [5, 5.41) is 13.6. The second-order valence-electron chi connectivity index (χ2n) is 5.24. The zero-order chi connectivity index (χ0) is 16.7. The Kier molecular flexibility index (Phi) is 6.76. The van der Waals surface area contributed by atoms with Gasteiger partial charge < -0.3 is 14.8 Å². The Morgan fingerprint density at radius 1 is 1.52 bits per heavy atom. The number of nitrogens with zero attached hydrogens (tertiary/aromatic N) is 1. The number of amides is 1. The van der Waals surface area contributed by atoms with Crippen LogP contribution >= 0.6 is 11.6 Å². The molecule has 1 unspecified atom stereocenters. The summed E-state index contributed by atoms with van der Waals surface area (Å²) < 4.78 is 10.9. The van der Waals surface area contributed by atoms with Crippen LogP contribution in [0.25, 0.3) is 0 Å². The minimum Gasteiger partial charge on any atom is -0.379 e. The van der Waals surface area contributed by atoms with Crippen LogP contribution in [0.2, 0.25) is 5.02 Å². The molecule has 1 heterocycles. The molecule has 7 nitrogen and oxygen atoms in total. The standard InChI is InChI=1S/C15H19ClN2O5/c16-14-5-4-11(18(20)21)9-13(14)15(19)17-6-2-7-22-10-12-3-1-8-23-12/h4-5,9,12H,1-3,6-8,10H2,(H,17,19). The minimum atomic E-state index is -0.563. The van der Waals surface area contributed by atoms with E-state index in [9.17, 15) is 14.9 Å². The second kappa shape index (κ2) is 8.81. The van der Waals surface area contributed by atoms with Gasteiger partial charge in [0.25, 0.3) is 11.6 Å². The molecule has 1 aromatic carbocycles. The van der Waals surface area contributed by atoms with E-state index in [0.717, 1.165) is 19.4 Å². The Labute approximate surface area is 139 Å². The largest absolute Gasteiger partial charge is 0.379 e. The SMILES string of the molecule is O=C(NCCCOCC1CCCO1)c1cc([N+](=O)[O-])ccc1Cl. The summed E-state index contributed by atoms with van der Waals surface area (Å²) in [6.45, 7) is 2.30. The average Bonchev–Trinajstić information content (AvgIpc) is 3.04. The molecule has 1 fully saturated rings. The van der Waals surface area contributed by atoms with Gasteiger partial charge in [-0.1, -0.05) is 11.6 Å². The van der Waals surface area contributed by atoms with Gasteiger partial charge >= 0.3 is 0 Å². The highest BCUT2D eigenvalue weighted by Crippen LogP contribution is 2.21. The van der Waals surface area contributed by atoms with Crippen LogP contribution in [0.3, 0.4) is 0 Å². The first-order chi connectivity index (χ1) is 11.1. The lowest BCUT2D eigenvalue weighted by Crippen LogP contribution is -2.26. The van der Waals surface area contributed by atoms with E-state index < -0.39 is 10.8 Å². The monoisotopic (exact) mass is 342 g/mol. The molecule has 0 saturated carbocycles. The number of non-ortho nitro benzene ring substituents is 1. The van der Waals surface area contributed by atoms with Crippen LogP contribution in [0, 0.1) is 10.1 Å². The number of carbonyl (C=O) groups is 1. The Bertz CT molecular complexity index is 561. The Balaban J connectivity index is 1.70. The molecule has 0 radical (unpaired) electrons. The molecule has 1 aromatic rings. The molecular weight excluding hydrogens is 324 g/mol. The third-order valence-corrected chi connectivity index (χ3v) is 3.81. The molecule has 1 saturated heterocycles. The van der Waals surface area contributed by atoms with Crippen LogP contribution in [0.15, 0.2) is 18.2 Å². The highest BCUT2D eigenvalue weighted by molar-refractivity contribution is 6.33. The van der Waals surface area contributed by atoms with Crippen LogP contribution in [-0.2, 0) is 9.47 Å². The third kappa shape index (κ3) is 5.46. The lowest BCUT2D eigenvalue weighted by Gasteiger charge is -2.10. The van der Waals surface area contributed by atoms with Gasteiger partial charge in [0.2, 0.25) is 0 Å². The van der Waals surface area contributed by atoms with Gasteiger partial charge in [-0.15, -0.1) is 0 Å². The van der Waals surface area contributed by atoms with Crippen molar-refractivity contribution >= 4 is 23.2 Å². The lowest BCUT2D eigenvalue weighted by atomic mass is 10.2. The highest BCUT2D eigenvalue weighted by atomic mass is 35.5. The molecule has 1 aliphatic rings. The Hall–Kier alpha value is -1.70. The Morgan fingerprint density at radius 3 is 3.04 bits per heavy atom. The minimum absolute atomic E-state index is 0.0983. The van der Waals surface area contributed by atoms with E-state index in [-0.39, 0.29) is 22.4 Å². The van der Waals surface area contributed by atoms with Crippen LogP contribution in [0.5, 0.6) is 0 Å². The topological polar surface area (TPSA) is 90.7 Å². The maximum atomic E-state index is 12.0. The number of carbonyl (C=O) groups excluding carboxylic acids is 1. The molecule has 0 aliphatic carbocycles. The first kappa shape index (κ1) is 17.7. The van der Waals surface area contributed by atoms with E-state index in [4.69, 9.17) is 21.1 Å². The number of hydrogen-bond donors (Lipinski definition) is 1. The van der Waals surface area contributed by atoms with E-state index in [0.29, 0.717) is 26.2 Å². The fraction of sp³-hybridized carbons (Fsp3) is 0.533. The van der Waals surface area contributed by atoms with Gasteiger partial charge in [-0.3, -0.25) is 14.9 Å². The summed E-state index contributed by atoms with van der Waals surface area (Å²) >= 11 is 5.91. The summed E-state index contributed by atoms with van der Waals surface area (Å²) in [5.74, 6) is -0.433. The maximum Gasteiger partial charge on any atom is 0.270 e. The van der Waals surface area contributed by atoms with E-state index in [1.54, 1.807) is 0 Å². The number of hydrogen-bond acceptors (Lipinski definition) is 5. The van der Waals surface area contributed by atoms with Gasteiger partial charge in [0, 0.05) is 31.9 Å². The van der Waals surface area contributed by atoms with Gasteiger partial charge in [0.1, 0.15) is 0 Å². The molecule has 1 N–H and O–H groups in total. The number of rotatable bonds is 8. The fourth-order valence-corrected chi connectivity index (χ4v) is 2.47. The molecule has 1 amide bonds. The van der Waals surface area contributed by atoms with Crippen molar-refractivity contribution in [2.75, 3.05) is 26.4 Å². The van der Waals surface area contributed by atoms with Crippen molar-refractivity contribution in [2.45, 2.75) is 25.4 Å². The number of halogens is 1. The van der Waals surface area contributed by atoms with Gasteiger partial charge in [0.15, 0.2) is 0 Å². The first-order valence-electron chi connectivity index (χ1n) is 7.49. The molecule has 126 valence electrons.